The zero-order valence-electron chi connectivity index (χ0n) is 23.7. The number of anilines is 2. The molecule has 2 N–H and O–H groups in total. The van der Waals surface area contributed by atoms with Gasteiger partial charge in [0.1, 0.15) is 0 Å². The number of hydrogen-bond donors (Lipinski definition) is 2. The largest absolute Gasteiger partial charge is 0.451 e. The van der Waals surface area contributed by atoms with Gasteiger partial charge in [-0.3, -0.25) is 15.1 Å². The molecule has 2 saturated heterocycles. The smallest absolute Gasteiger partial charge is 0.176 e. The molecule has 9 rings (SSSR count). The van der Waals surface area contributed by atoms with E-state index in [-0.39, 0.29) is 0 Å². The molecule has 3 aliphatic rings. The lowest BCUT2D eigenvalue weighted by molar-refractivity contribution is 0.0301. The van der Waals surface area contributed by atoms with E-state index in [9.17, 15) is 0 Å². The van der Waals surface area contributed by atoms with E-state index in [1.165, 1.54) is 6.42 Å². The van der Waals surface area contributed by atoms with Crippen molar-refractivity contribution < 1.29 is 9.47 Å². The molecule has 9 heteroatoms. The minimum Gasteiger partial charge on any atom is -0.451 e. The van der Waals surface area contributed by atoms with E-state index in [0.29, 0.717) is 12.1 Å². The molecule has 0 radical (unpaired) electrons. The number of aromatic nitrogens is 5. The van der Waals surface area contributed by atoms with Gasteiger partial charge in [-0.1, -0.05) is 18.2 Å². The van der Waals surface area contributed by atoms with Crippen molar-refractivity contribution in [1.82, 2.24) is 30.3 Å². The molecule has 0 amide bonds. The van der Waals surface area contributed by atoms with Gasteiger partial charge >= 0.3 is 0 Å². The molecule has 6 heterocycles. The average Bonchev–Trinajstić information content (AvgIpc) is 3.86. The standard InChI is InChI=1S/C34H31N7O2/c1(9-40-19-28-15-27(40)20-42-28)2-10-41-31-8-5-23(21-3-6-29-25(11-21)17-36-38-29)13-32(31)43-33-14-24(16-35-34(33)41)22-4-7-30-26(12-22)18-37-39-30/h3-8,11-14,16-18,27-28H,1-2,9-10,15,19-20H2,(H,36,38)(H,37,39)/t27-,28-/m0/s1. The first-order valence-corrected chi connectivity index (χ1v) is 15.1. The Bertz CT molecular complexity index is 1860. The van der Waals surface area contributed by atoms with Crippen LogP contribution in [0.1, 0.15) is 19.3 Å². The van der Waals surface area contributed by atoms with Crippen LogP contribution < -0.4 is 9.64 Å². The molecule has 2 bridgehead atoms. The SMILES string of the molecule is c1cc2c(cc1-c1ccc3[nH]ncc3c1)Oc1cc(-c3ccc4[nH]ncc4c3)cnc1N2CCCCN1C[C@@H]2C[C@H]1CO2. The molecule has 43 heavy (non-hydrogen) atoms. The van der Waals surface area contributed by atoms with Crippen molar-refractivity contribution in [3.05, 3.63) is 79.3 Å². The molecule has 0 spiro atoms. The number of H-pyrrole nitrogens is 2. The van der Waals surface area contributed by atoms with Crippen LogP contribution in [0.15, 0.2) is 79.3 Å². The molecular weight excluding hydrogens is 538 g/mol. The predicted octanol–water partition coefficient (Wildman–Crippen LogP) is 6.67. The number of aromatic amines is 2. The fourth-order valence-corrected chi connectivity index (χ4v) is 6.91. The highest BCUT2D eigenvalue weighted by Gasteiger charge is 2.38. The first-order chi connectivity index (χ1) is 21.2. The molecule has 0 saturated carbocycles. The van der Waals surface area contributed by atoms with Gasteiger partial charge in [0.25, 0.3) is 0 Å². The zero-order chi connectivity index (χ0) is 28.3. The minimum absolute atomic E-state index is 0.444. The van der Waals surface area contributed by atoms with Crippen LogP contribution >= 0.6 is 0 Å². The number of hydrogen-bond acceptors (Lipinski definition) is 7. The summed E-state index contributed by atoms with van der Waals surface area (Å²) >= 11 is 0. The highest BCUT2D eigenvalue weighted by molar-refractivity contribution is 5.87. The van der Waals surface area contributed by atoms with Gasteiger partial charge < -0.3 is 14.4 Å². The van der Waals surface area contributed by atoms with Gasteiger partial charge in [-0.15, -0.1) is 0 Å². The summed E-state index contributed by atoms with van der Waals surface area (Å²) in [5, 5.41) is 16.6. The Morgan fingerprint density at radius 1 is 0.744 bits per heavy atom. The second-order valence-corrected chi connectivity index (χ2v) is 11.9. The summed E-state index contributed by atoms with van der Waals surface area (Å²) in [5.41, 5.74) is 7.41. The number of nitrogens with zero attached hydrogens (tertiary/aromatic N) is 5. The molecule has 3 aromatic heterocycles. The van der Waals surface area contributed by atoms with Gasteiger partial charge in [0.2, 0.25) is 0 Å². The van der Waals surface area contributed by atoms with Crippen molar-refractivity contribution in [3.8, 4) is 33.8 Å². The number of morpholine rings is 1. The van der Waals surface area contributed by atoms with E-state index in [1.807, 2.05) is 18.6 Å². The Labute approximate surface area is 248 Å². The van der Waals surface area contributed by atoms with E-state index in [0.717, 1.165) is 106 Å². The molecule has 0 unspecified atom stereocenters. The Morgan fingerprint density at radius 2 is 1.44 bits per heavy atom. The molecule has 2 fully saturated rings. The van der Waals surface area contributed by atoms with Crippen molar-refractivity contribution in [2.24, 2.45) is 0 Å². The number of nitrogens with one attached hydrogen (secondary N) is 2. The van der Waals surface area contributed by atoms with Crippen LogP contribution in [0, 0.1) is 0 Å². The zero-order valence-corrected chi connectivity index (χ0v) is 23.7. The van der Waals surface area contributed by atoms with Crippen molar-refractivity contribution >= 4 is 33.3 Å². The summed E-state index contributed by atoms with van der Waals surface area (Å²) in [6, 6.07) is 21.9. The topological polar surface area (TPSA) is 95.2 Å². The molecule has 3 aromatic carbocycles. The highest BCUT2D eigenvalue weighted by Crippen LogP contribution is 2.48. The van der Waals surface area contributed by atoms with E-state index < -0.39 is 0 Å². The maximum atomic E-state index is 6.63. The lowest BCUT2D eigenvalue weighted by Crippen LogP contribution is -2.37. The Kier molecular flexibility index (Phi) is 5.73. The van der Waals surface area contributed by atoms with Crippen LogP contribution in [-0.2, 0) is 4.74 Å². The van der Waals surface area contributed by atoms with Crippen molar-refractivity contribution in [2.45, 2.75) is 31.4 Å². The third kappa shape index (κ3) is 4.35. The molecule has 3 aliphatic heterocycles. The molecular formula is C34H31N7O2. The van der Waals surface area contributed by atoms with Gasteiger partial charge in [-0.25, -0.2) is 4.98 Å². The molecule has 9 nitrogen and oxygen atoms in total. The average molecular weight is 570 g/mol. The Balaban J connectivity index is 1.04. The summed E-state index contributed by atoms with van der Waals surface area (Å²) in [6.45, 7) is 3.96. The summed E-state index contributed by atoms with van der Waals surface area (Å²) in [7, 11) is 0. The molecule has 0 aliphatic carbocycles. The van der Waals surface area contributed by atoms with Gasteiger partial charge in [-0.2, -0.15) is 10.2 Å². The number of fused-ring (bicyclic) bond motifs is 6. The van der Waals surface area contributed by atoms with E-state index in [1.54, 1.807) is 0 Å². The van der Waals surface area contributed by atoms with E-state index in [4.69, 9.17) is 14.5 Å². The van der Waals surface area contributed by atoms with Gasteiger partial charge in [0.15, 0.2) is 17.3 Å². The van der Waals surface area contributed by atoms with Gasteiger partial charge in [0, 0.05) is 41.7 Å². The summed E-state index contributed by atoms with van der Waals surface area (Å²) < 4.78 is 12.4. The summed E-state index contributed by atoms with van der Waals surface area (Å²) in [6.07, 6.45) is 9.50. The highest BCUT2D eigenvalue weighted by atomic mass is 16.5. The lowest BCUT2D eigenvalue weighted by Gasteiger charge is -2.33. The molecule has 6 aromatic rings. The second kappa shape index (κ2) is 9.93. The van der Waals surface area contributed by atoms with Crippen LogP contribution in [0.5, 0.6) is 11.5 Å². The van der Waals surface area contributed by atoms with Crippen LogP contribution in [0.2, 0.25) is 0 Å². The quantitative estimate of drug-likeness (QED) is 0.208. The summed E-state index contributed by atoms with van der Waals surface area (Å²) in [4.78, 5) is 9.92. The monoisotopic (exact) mass is 569 g/mol. The number of pyridine rings is 1. The predicted molar refractivity (Wildman–Crippen MR) is 167 cm³/mol. The van der Waals surface area contributed by atoms with E-state index >= 15 is 0 Å². The third-order valence-corrected chi connectivity index (χ3v) is 9.20. The second-order valence-electron chi connectivity index (χ2n) is 11.9. The van der Waals surface area contributed by atoms with Crippen LogP contribution in [0.3, 0.4) is 0 Å². The first-order valence-electron chi connectivity index (χ1n) is 15.1. The first kappa shape index (κ1) is 24.8. The number of ether oxygens (including phenoxy) is 2. The minimum atomic E-state index is 0.444. The number of likely N-dealkylation sites (tertiary alicyclic amines) is 1. The van der Waals surface area contributed by atoms with Crippen molar-refractivity contribution in [2.75, 3.05) is 31.1 Å². The van der Waals surface area contributed by atoms with E-state index in [2.05, 4.69) is 90.9 Å². The molecule has 2 atom stereocenters. The van der Waals surface area contributed by atoms with Gasteiger partial charge in [0.05, 0.1) is 41.8 Å². The lowest BCUT2D eigenvalue weighted by atomic mass is 10.0. The maximum Gasteiger partial charge on any atom is 0.176 e. The van der Waals surface area contributed by atoms with Crippen molar-refractivity contribution in [1.29, 1.82) is 0 Å². The van der Waals surface area contributed by atoms with Crippen LogP contribution in [-0.4, -0.2) is 68.7 Å². The number of benzene rings is 3. The van der Waals surface area contributed by atoms with Crippen molar-refractivity contribution in [3.63, 3.8) is 0 Å². The van der Waals surface area contributed by atoms with Crippen LogP contribution in [0.25, 0.3) is 44.1 Å². The number of unbranched alkanes of at least 4 members (excludes halogenated alkanes) is 1. The van der Waals surface area contributed by atoms with Gasteiger partial charge in [-0.05, 0) is 85.0 Å². The third-order valence-electron chi connectivity index (χ3n) is 9.20. The number of rotatable bonds is 7. The Hall–Kier alpha value is -4.73. The maximum absolute atomic E-state index is 6.63. The molecule has 214 valence electrons. The summed E-state index contributed by atoms with van der Waals surface area (Å²) in [5.74, 6) is 2.48. The fourth-order valence-electron chi connectivity index (χ4n) is 6.91. The normalized spacial score (nSPS) is 19.2. The fraction of sp³-hybridized carbons (Fsp3) is 0.265. The Morgan fingerprint density at radius 3 is 2.19 bits per heavy atom. The van der Waals surface area contributed by atoms with Crippen LogP contribution in [0.4, 0.5) is 11.5 Å².